The van der Waals surface area contributed by atoms with Crippen molar-refractivity contribution in [3.63, 3.8) is 0 Å². The Hall–Kier alpha value is -2.17. The molecule has 0 aliphatic carbocycles. The highest BCUT2D eigenvalue weighted by Crippen LogP contribution is 2.35. The SMILES string of the molecule is CCC1(C)OCCN1c1ccc(C(=O)C(CC)(Cc2ccccc2)N(C)C)c(C)c1. The second-order valence-electron chi connectivity index (χ2n) is 8.80. The zero-order valence-corrected chi connectivity index (χ0v) is 19.4. The molecule has 1 heterocycles. The largest absolute Gasteiger partial charge is 0.354 e. The van der Waals surface area contributed by atoms with Gasteiger partial charge in [0.1, 0.15) is 5.72 Å². The maximum atomic E-state index is 13.9. The number of rotatable bonds is 8. The third-order valence-corrected chi connectivity index (χ3v) is 6.92. The van der Waals surface area contributed by atoms with Gasteiger partial charge in [0, 0.05) is 17.8 Å². The summed E-state index contributed by atoms with van der Waals surface area (Å²) in [6.45, 7) is 10.1. The van der Waals surface area contributed by atoms with E-state index in [1.807, 2.05) is 38.4 Å². The summed E-state index contributed by atoms with van der Waals surface area (Å²) in [5, 5.41) is 0. The van der Waals surface area contributed by atoms with Crippen molar-refractivity contribution in [2.24, 2.45) is 0 Å². The molecule has 2 aromatic carbocycles. The fourth-order valence-corrected chi connectivity index (χ4v) is 4.66. The highest BCUT2D eigenvalue weighted by atomic mass is 16.5. The maximum absolute atomic E-state index is 13.9. The fourth-order valence-electron chi connectivity index (χ4n) is 4.66. The lowest BCUT2D eigenvalue weighted by atomic mass is 9.79. The van der Waals surface area contributed by atoms with Gasteiger partial charge in [0.25, 0.3) is 0 Å². The summed E-state index contributed by atoms with van der Waals surface area (Å²) in [5.41, 5.74) is 3.30. The number of likely N-dealkylation sites (N-methyl/N-ethyl adjacent to an activating group) is 1. The number of carbonyl (C=O) groups excluding carboxylic acids is 1. The minimum absolute atomic E-state index is 0.193. The van der Waals surface area contributed by atoms with Crippen molar-refractivity contribution in [3.05, 3.63) is 65.2 Å². The van der Waals surface area contributed by atoms with Crippen LogP contribution in [0.2, 0.25) is 0 Å². The third kappa shape index (κ3) is 4.03. The number of hydrogen-bond acceptors (Lipinski definition) is 4. The molecular weight excluding hydrogens is 372 g/mol. The first-order valence-electron chi connectivity index (χ1n) is 11.1. The van der Waals surface area contributed by atoms with Crippen LogP contribution in [0.5, 0.6) is 0 Å². The van der Waals surface area contributed by atoms with Crippen LogP contribution < -0.4 is 4.90 Å². The Morgan fingerprint density at radius 3 is 2.43 bits per heavy atom. The molecule has 0 amide bonds. The lowest BCUT2D eigenvalue weighted by Crippen LogP contribution is -2.52. The number of benzene rings is 2. The van der Waals surface area contributed by atoms with Crippen LogP contribution in [0, 0.1) is 6.92 Å². The van der Waals surface area contributed by atoms with Gasteiger partial charge in [-0.25, -0.2) is 0 Å². The average Bonchev–Trinajstić information content (AvgIpc) is 3.14. The number of nitrogens with zero attached hydrogens (tertiary/aromatic N) is 2. The van der Waals surface area contributed by atoms with Gasteiger partial charge in [-0.05, 0) is 76.5 Å². The lowest BCUT2D eigenvalue weighted by Gasteiger charge is -2.39. The van der Waals surface area contributed by atoms with Gasteiger partial charge >= 0.3 is 0 Å². The Balaban J connectivity index is 1.95. The zero-order chi connectivity index (χ0) is 21.9. The summed E-state index contributed by atoms with van der Waals surface area (Å²) in [4.78, 5) is 18.3. The number of carbonyl (C=O) groups is 1. The standard InChI is InChI=1S/C26H36N2O2/c1-7-25(4)28(16-17-30-25)22-14-15-23(20(3)18-22)24(29)26(8-2,27(5)6)19-21-12-10-9-11-13-21/h9-15,18H,7-8,16-17,19H2,1-6H3. The summed E-state index contributed by atoms with van der Waals surface area (Å²) in [6.07, 6.45) is 2.37. The molecule has 0 saturated carbocycles. The van der Waals surface area contributed by atoms with E-state index in [1.54, 1.807) is 0 Å². The topological polar surface area (TPSA) is 32.8 Å². The molecule has 1 saturated heterocycles. The Morgan fingerprint density at radius 1 is 1.17 bits per heavy atom. The third-order valence-electron chi connectivity index (χ3n) is 6.92. The van der Waals surface area contributed by atoms with E-state index < -0.39 is 5.54 Å². The Kier molecular flexibility index (Phi) is 6.68. The Morgan fingerprint density at radius 2 is 1.87 bits per heavy atom. The minimum atomic E-state index is -0.567. The highest BCUT2D eigenvalue weighted by molar-refractivity contribution is 6.04. The maximum Gasteiger partial charge on any atom is 0.183 e. The molecule has 30 heavy (non-hydrogen) atoms. The fraction of sp³-hybridized carbons (Fsp3) is 0.500. The Labute approximate surface area is 181 Å². The molecule has 2 unspecified atom stereocenters. The molecule has 3 rings (SSSR count). The van der Waals surface area contributed by atoms with E-state index in [9.17, 15) is 4.79 Å². The van der Waals surface area contributed by atoms with Gasteiger partial charge in [0.05, 0.1) is 12.1 Å². The van der Waals surface area contributed by atoms with Crippen molar-refractivity contribution in [3.8, 4) is 0 Å². The van der Waals surface area contributed by atoms with Crippen molar-refractivity contribution >= 4 is 11.5 Å². The van der Waals surface area contributed by atoms with E-state index in [0.29, 0.717) is 6.42 Å². The number of ketones is 1. The van der Waals surface area contributed by atoms with E-state index >= 15 is 0 Å². The van der Waals surface area contributed by atoms with E-state index in [1.165, 1.54) is 5.56 Å². The summed E-state index contributed by atoms with van der Waals surface area (Å²) in [7, 11) is 4.03. The second kappa shape index (κ2) is 8.91. The lowest BCUT2D eigenvalue weighted by molar-refractivity contribution is 0.0190. The van der Waals surface area contributed by atoms with Gasteiger partial charge in [-0.1, -0.05) is 44.2 Å². The monoisotopic (exact) mass is 408 g/mol. The van der Waals surface area contributed by atoms with Crippen molar-refractivity contribution in [2.75, 3.05) is 32.1 Å². The molecular formula is C26H36N2O2. The first kappa shape index (κ1) is 22.5. The van der Waals surface area contributed by atoms with E-state index in [2.05, 4.69) is 61.8 Å². The first-order chi connectivity index (χ1) is 14.3. The summed E-state index contributed by atoms with van der Waals surface area (Å²) in [6, 6.07) is 16.6. The summed E-state index contributed by atoms with van der Waals surface area (Å²) in [5.74, 6) is 0.193. The van der Waals surface area contributed by atoms with Gasteiger partial charge in [0.15, 0.2) is 5.78 Å². The van der Waals surface area contributed by atoms with Crippen molar-refractivity contribution in [2.45, 2.75) is 58.2 Å². The Bertz CT molecular complexity index is 880. The number of Topliss-reactive ketones (excluding diaryl/α,β-unsaturated/α-hetero) is 1. The average molecular weight is 409 g/mol. The molecule has 0 spiro atoms. The molecule has 0 N–H and O–H groups in total. The number of aryl methyl sites for hydroxylation is 1. The zero-order valence-electron chi connectivity index (χ0n) is 19.4. The minimum Gasteiger partial charge on any atom is -0.354 e. The number of hydrogen-bond donors (Lipinski definition) is 0. The van der Waals surface area contributed by atoms with Crippen LogP contribution in [0.15, 0.2) is 48.5 Å². The van der Waals surface area contributed by atoms with E-state index in [-0.39, 0.29) is 11.5 Å². The predicted octanol–water partition coefficient (Wildman–Crippen LogP) is 5.09. The van der Waals surface area contributed by atoms with Crippen molar-refractivity contribution in [1.29, 1.82) is 0 Å². The van der Waals surface area contributed by atoms with Crippen molar-refractivity contribution in [1.82, 2.24) is 4.90 Å². The molecule has 4 nitrogen and oxygen atoms in total. The number of ether oxygens (including phenoxy) is 1. The van der Waals surface area contributed by atoms with Gasteiger partial charge in [0.2, 0.25) is 0 Å². The molecule has 2 aromatic rings. The highest BCUT2D eigenvalue weighted by Gasteiger charge is 2.41. The molecule has 1 aliphatic rings. The molecule has 2 atom stereocenters. The predicted molar refractivity (Wildman–Crippen MR) is 124 cm³/mol. The van der Waals surface area contributed by atoms with Gasteiger partial charge in [-0.3, -0.25) is 9.69 Å². The van der Waals surface area contributed by atoms with Crippen molar-refractivity contribution < 1.29 is 9.53 Å². The molecule has 162 valence electrons. The summed E-state index contributed by atoms with van der Waals surface area (Å²) >= 11 is 0. The normalized spacial score (nSPS) is 21.1. The smallest absolute Gasteiger partial charge is 0.183 e. The molecule has 4 heteroatoms. The van der Waals surface area contributed by atoms with Gasteiger partial charge in [-0.2, -0.15) is 0 Å². The van der Waals surface area contributed by atoms with E-state index in [0.717, 1.165) is 42.8 Å². The van der Waals surface area contributed by atoms with Crippen LogP contribution in [0.4, 0.5) is 5.69 Å². The molecule has 0 aromatic heterocycles. The van der Waals surface area contributed by atoms with Crippen LogP contribution in [0.25, 0.3) is 0 Å². The molecule has 0 bridgehead atoms. The quantitative estimate of drug-likeness (QED) is 0.569. The van der Waals surface area contributed by atoms with Gasteiger partial charge < -0.3 is 9.64 Å². The van der Waals surface area contributed by atoms with Crippen LogP contribution in [-0.4, -0.2) is 49.2 Å². The van der Waals surface area contributed by atoms with Crippen LogP contribution in [0.3, 0.4) is 0 Å². The van der Waals surface area contributed by atoms with Crippen LogP contribution in [-0.2, 0) is 11.2 Å². The first-order valence-corrected chi connectivity index (χ1v) is 11.1. The van der Waals surface area contributed by atoms with Crippen LogP contribution in [0.1, 0.15) is 55.1 Å². The molecule has 0 radical (unpaired) electrons. The molecule has 1 aliphatic heterocycles. The van der Waals surface area contributed by atoms with E-state index in [4.69, 9.17) is 4.74 Å². The number of anilines is 1. The van der Waals surface area contributed by atoms with Crippen LogP contribution >= 0.6 is 0 Å². The molecule has 1 fully saturated rings. The second-order valence-corrected chi connectivity index (χ2v) is 8.80. The summed E-state index contributed by atoms with van der Waals surface area (Å²) < 4.78 is 6.00. The van der Waals surface area contributed by atoms with Gasteiger partial charge in [-0.15, -0.1) is 0 Å².